The van der Waals surface area contributed by atoms with Crippen molar-refractivity contribution in [1.29, 1.82) is 0 Å². The Bertz CT molecular complexity index is 602. The first kappa shape index (κ1) is 13.2. The van der Waals surface area contributed by atoms with Gasteiger partial charge in [0, 0.05) is 36.5 Å². The highest BCUT2D eigenvalue weighted by molar-refractivity contribution is 5.30. The van der Waals surface area contributed by atoms with Gasteiger partial charge in [0.05, 0.1) is 5.69 Å². The maximum Gasteiger partial charge on any atom is 0.190 e. The van der Waals surface area contributed by atoms with E-state index in [9.17, 15) is 4.39 Å². The van der Waals surface area contributed by atoms with Crippen LogP contribution in [0, 0.1) is 5.82 Å². The second-order valence-electron chi connectivity index (χ2n) is 5.60. The lowest BCUT2D eigenvalue weighted by molar-refractivity contribution is 0.542. The SMILES string of the molecule is CC(C)NCc1ccnc(-n2ccc(C3CC3)n2)c1F. The van der Waals surface area contributed by atoms with Gasteiger partial charge in [0.25, 0.3) is 0 Å². The predicted molar refractivity (Wildman–Crippen MR) is 75.3 cm³/mol. The minimum Gasteiger partial charge on any atom is -0.310 e. The van der Waals surface area contributed by atoms with Crippen LogP contribution in [0.1, 0.15) is 43.9 Å². The van der Waals surface area contributed by atoms with E-state index in [2.05, 4.69) is 15.4 Å². The molecule has 1 saturated carbocycles. The average Bonchev–Trinajstić information content (AvgIpc) is 3.16. The summed E-state index contributed by atoms with van der Waals surface area (Å²) in [5.41, 5.74) is 1.66. The van der Waals surface area contributed by atoms with E-state index in [4.69, 9.17) is 0 Å². The molecule has 1 aliphatic rings. The Hall–Kier alpha value is -1.75. The minimum atomic E-state index is -0.300. The van der Waals surface area contributed by atoms with Gasteiger partial charge in [0.2, 0.25) is 0 Å². The van der Waals surface area contributed by atoms with E-state index in [0.717, 1.165) is 5.69 Å². The predicted octanol–water partition coefficient (Wildman–Crippen LogP) is 2.78. The summed E-state index contributed by atoms with van der Waals surface area (Å²) in [7, 11) is 0. The molecule has 1 aliphatic carbocycles. The molecule has 2 aromatic rings. The molecule has 2 heterocycles. The van der Waals surface area contributed by atoms with Gasteiger partial charge in [-0.25, -0.2) is 14.1 Å². The van der Waals surface area contributed by atoms with Crippen LogP contribution in [0.5, 0.6) is 0 Å². The highest BCUT2D eigenvalue weighted by Gasteiger charge is 2.26. The van der Waals surface area contributed by atoms with Crippen molar-refractivity contribution in [3.8, 4) is 5.82 Å². The fraction of sp³-hybridized carbons (Fsp3) is 0.467. The third-order valence-electron chi connectivity index (χ3n) is 3.47. The number of pyridine rings is 1. The van der Waals surface area contributed by atoms with Gasteiger partial charge >= 0.3 is 0 Å². The van der Waals surface area contributed by atoms with Gasteiger partial charge in [0.1, 0.15) is 0 Å². The standard InChI is InChI=1S/C15H19FN4/c1-10(2)18-9-12-5-7-17-15(14(12)16)20-8-6-13(19-20)11-3-4-11/h5-8,10-11,18H,3-4,9H2,1-2H3. The fourth-order valence-electron chi connectivity index (χ4n) is 2.13. The molecule has 106 valence electrons. The van der Waals surface area contributed by atoms with Crippen molar-refractivity contribution < 1.29 is 4.39 Å². The first-order valence-electron chi connectivity index (χ1n) is 7.08. The largest absolute Gasteiger partial charge is 0.310 e. The maximum absolute atomic E-state index is 14.5. The van der Waals surface area contributed by atoms with E-state index in [-0.39, 0.29) is 11.6 Å². The zero-order chi connectivity index (χ0) is 14.1. The minimum absolute atomic E-state index is 0.278. The molecule has 0 unspecified atom stereocenters. The molecule has 2 aromatic heterocycles. The number of halogens is 1. The van der Waals surface area contributed by atoms with Crippen LogP contribution in [-0.2, 0) is 6.54 Å². The number of nitrogens with zero attached hydrogens (tertiary/aromatic N) is 3. The van der Waals surface area contributed by atoms with E-state index < -0.39 is 0 Å². The lowest BCUT2D eigenvalue weighted by Crippen LogP contribution is -2.23. The summed E-state index contributed by atoms with van der Waals surface area (Å²) in [5, 5.41) is 7.65. The van der Waals surface area contributed by atoms with Crippen molar-refractivity contribution in [2.24, 2.45) is 0 Å². The Morgan fingerprint density at radius 3 is 2.90 bits per heavy atom. The number of aromatic nitrogens is 3. The second-order valence-corrected chi connectivity index (χ2v) is 5.60. The first-order valence-corrected chi connectivity index (χ1v) is 7.08. The Kier molecular flexibility index (Phi) is 3.53. The third kappa shape index (κ3) is 2.72. The number of hydrogen-bond acceptors (Lipinski definition) is 3. The summed E-state index contributed by atoms with van der Waals surface area (Å²) in [5.74, 6) is 0.538. The Morgan fingerprint density at radius 2 is 2.20 bits per heavy atom. The van der Waals surface area contributed by atoms with Gasteiger partial charge in [-0.1, -0.05) is 13.8 Å². The quantitative estimate of drug-likeness (QED) is 0.911. The van der Waals surface area contributed by atoms with Crippen LogP contribution in [0.3, 0.4) is 0 Å². The number of hydrogen-bond donors (Lipinski definition) is 1. The molecule has 20 heavy (non-hydrogen) atoms. The van der Waals surface area contributed by atoms with E-state index in [0.29, 0.717) is 24.1 Å². The molecule has 5 heteroatoms. The number of nitrogens with one attached hydrogen (secondary N) is 1. The molecule has 0 saturated heterocycles. The van der Waals surface area contributed by atoms with E-state index in [1.165, 1.54) is 12.8 Å². The van der Waals surface area contributed by atoms with Crippen LogP contribution in [-0.4, -0.2) is 20.8 Å². The normalized spacial score (nSPS) is 15.0. The Morgan fingerprint density at radius 1 is 1.40 bits per heavy atom. The summed E-state index contributed by atoms with van der Waals surface area (Å²) in [4.78, 5) is 4.13. The Balaban J connectivity index is 1.86. The van der Waals surface area contributed by atoms with Crippen molar-refractivity contribution in [3.63, 3.8) is 0 Å². The third-order valence-corrected chi connectivity index (χ3v) is 3.47. The molecule has 0 bridgehead atoms. The molecule has 0 spiro atoms. The molecule has 0 atom stereocenters. The molecule has 4 nitrogen and oxygen atoms in total. The maximum atomic E-state index is 14.5. The topological polar surface area (TPSA) is 42.7 Å². The summed E-state index contributed by atoms with van der Waals surface area (Å²) in [6.45, 7) is 4.57. The lowest BCUT2D eigenvalue weighted by Gasteiger charge is -2.10. The molecule has 1 N–H and O–H groups in total. The van der Waals surface area contributed by atoms with Crippen LogP contribution >= 0.6 is 0 Å². The van der Waals surface area contributed by atoms with Crippen LogP contribution in [0.25, 0.3) is 5.82 Å². The molecular formula is C15H19FN4. The monoisotopic (exact) mass is 274 g/mol. The van der Waals surface area contributed by atoms with Crippen LogP contribution in [0.15, 0.2) is 24.5 Å². The van der Waals surface area contributed by atoms with Crippen LogP contribution in [0.2, 0.25) is 0 Å². The van der Waals surface area contributed by atoms with Gasteiger partial charge in [0.15, 0.2) is 11.6 Å². The zero-order valence-electron chi connectivity index (χ0n) is 11.8. The van der Waals surface area contributed by atoms with Gasteiger partial charge < -0.3 is 5.32 Å². The van der Waals surface area contributed by atoms with Crippen LogP contribution in [0.4, 0.5) is 4.39 Å². The molecule has 0 aliphatic heterocycles. The highest BCUT2D eigenvalue weighted by atomic mass is 19.1. The van der Waals surface area contributed by atoms with Crippen molar-refractivity contribution >= 4 is 0 Å². The smallest absolute Gasteiger partial charge is 0.190 e. The summed E-state index contributed by atoms with van der Waals surface area (Å²) < 4.78 is 16.0. The fourth-order valence-corrected chi connectivity index (χ4v) is 2.13. The van der Waals surface area contributed by atoms with E-state index in [1.54, 1.807) is 23.1 Å². The van der Waals surface area contributed by atoms with E-state index >= 15 is 0 Å². The molecule has 0 amide bonds. The van der Waals surface area contributed by atoms with Gasteiger partial charge in [-0.15, -0.1) is 0 Å². The first-order chi connectivity index (χ1) is 9.65. The van der Waals surface area contributed by atoms with Crippen molar-refractivity contribution in [3.05, 3.63) is 41.6 Å². The van der Waals surface area contributed by atoms with Crippen molar-refractivity contribution in [2.75, 3.05) is 0 Å². The lowest BCUT2D eigenvalue weighted by atomic mass is 10.2. The molecule has 0 radical (unpaired) electrons. The van der Waals surface area contributed by atoms with E-state index in [1.807, 2.05) is 19.9 Å². The van der Waals surface area contributed by atoms with Crippen molar-refractivity contribution in [1.82, 2.24) is 20.1 Å². The van der Waals surface area contributed by atoms with Gasteiger partial charge in [-0.2, -0.15) is 5.10 Å². The summed E-state index contributed by atoms with van der Waals surface area (Å²) in [6, 6.07) is 3.98. The summed E-state index contributed by atoms with van der Waals surface area (Å²) >= 11 is 0. The molecule has 1 fully saturated rings. The van der Waals surface area contributed by atoms with Gasteiger partial charge in [-0.3, -0.25) is 0 Å². The Labute approximate surface area is 118 Å². The van der Waals surface area contributed by atoms with Crippen LogP contribution < -0.4 is 5.32 Å². The van der Waals surface area contributed by atoms with Crippen molar-refractivity contribution in [2.45, 2.75) is 45.2 Å². The molecule has 0 aromatic carbocycles. The zero-order valence-corrected chi connectivity index (χ0v) is 11.8. The second kappa shape index (κ2) is 5.32. The molecule has 3 rings (SSSR count). The van der Waals surface area contributed by atoms with Gasteiger partial charge in [-0.05, 0) is 25.0 Å². The number of rotatable bonds is 5. The highest BCUT2D eigenvalue weighted by Crippen LogP contribution is 2.39. The average molecular weight is 274 g/mol. The summed E-state index contributed by atoms with van der Waals surface area (Å²) in [6.07, 6.45) is 5.80. The molecular weight excluding hydrogens is 255 g/mol.